The zero-order valence-electron chi connectivity index (χ0n) is 10.7. The second-order valence-corrected chi connectivity index (χ2v) is 6.54. The second-order valence-electron chi connectivity index (χ2n) is 4.37. The number of amides is 1. The highest BCUT2D eigenvalue weighted by Crippen LogP contribution is 2.31. The van der Waals surface area contributed by atoms with Crippen molar-refractivity contribution in [1.29, 1.82) is 0 Å². The van der Waals surface area contributed by atoms with Crippen molar-refractivity contribution in [2.75, 3.05) is 37.0 Å². The topological polar surface area (TPSA) is 49.3 Å². The number of nitrogens with zero attached hydrogens (tertiary/aromatic N) is 4. The number of halogens is 1. The van der Waals surface area contributed by atoms with Gasteiger partial charge < -0.3 is 9.80 Å². The molecule has 0 spiro atoms. The summed E-state index contributed by atoms with van der Waals surface area (Å²) >= 11 is 8.84. The molecule has 2 aromatic rings. The number of rotatable bonds is 3. The van der Waals surface area contributed by atoms with Crippen LogP contribution in [0.1, 0.15) is 0 Å². The molecule has 0 saturated carbocycles. The van der Waals surface area contributed by atoms with Gasteiger partial charge in [0.15, 0.2) is 5.01 Å². The predicted octanol–water partition coefficient (Wildman–Crippen LogP) is 2.15. The average Bonchev–Trinajstić information content (AvgIpc) is 3.17. The number of alkyl halides is 1. The van der Waals surface area contributed by atoms with Gasteiger partial charge >= 0.3 is 0 Å². The molecule has 106 valence electrons. The Hall–Kier alpha value is -1.18. The standard InChI is InChI=1S/C12H13ClN4OS2/c13-8-10(18)16-3-5-17(6-4-16)12-15-14-11(20-12)9-2-1-7-19-9/h1-2,7H,3-6,8H2. The van der Waals surface area contributed by atoms with Crippen LogP contribution in [0.5, 0.6) is 0 Å². The molecular formula is C12H13ClN4OS2. The number of thiophene rings is 1. The summed E-state index contributed by atoms with van der Waals surface area (Å²) in [5, 5.41) is 12.4. The molecule has 0 aromatic carbocycles. The Labute approximate surface area is 129 Å². The van der Waals surface area contributed by atoms with Crippen LogP contribution in [0.2, 0.25) is 0 Å². The maximum Gasteiger partial charge on any atom is 0.237 e. The fourth-order valence-electron chi connectivity index (χ4n) is 2.07. The fraction of sp³-hybridized carbons (Fsp3) is 0.417. The molecule has 2 aromatic heterocycles. The minimum Gasteiger partial charge on any atom is -0.343 e. The summed E-state index contributed by atoms with van der Waals surface area (Å²) in [7, 11) is 0. The number of carbonyl (C=O) groups excluding carboxylic acids is 1. The summed E-state index contributed by atoms with van der Waals surface area (Å²) in [5.74, 6) is 0.0595. The van der Waals surface area contributed by atoms with E-state index < -0.39 is 0 Å². The van der Waals surface area contributed by atoms with Gasteiger partial charge in [-0.05, 0) is 11.4 Å². The van der Waals surface area contributed by atoms with Crippen LogP contribution in [0.4, 0.5) is 5.13 Å². The van der Waals surface area contributed by atoms with Gasteiger partial charge in [-0.15, -0.1) is 33.1 Å². The van der Waals surface area contributed by atoms with Gasteiger partial charge in [0.1, 0.15) is 5.88 Å². The van der Waals surface area contributed by atoms with E-state index in [1.807, 2.05) is 17.5 Å². The van der Waals surface area contributed by atoms with Gasteiger partial charge in [0, 0.05) is 26.2 Å². The molecule has 0 unspecified atom stereocenters. The number of anilines is 1. The first-order chi connectivity index (χ1) is 9.78. The van der Waals surface area contributed by atoms with Crippen LogP contribution < -0.4 is 4.90 Å². The van der Waals surface area contributed by atoms with Crippen molar-refractivity contribution < 1.29 is 4.79 Å². The van der Waals surface area contributed by atoms with Crippen LogP contribution in [0, 0.1) is 0 Å². The van der Waals surface area contributed by atoms with Crippen molar-refractivity contribution in [3.63, 3.8) is 0 Å². The summed E-state index contributed by atoms with van der Waals surface area (Å²) in [4.78, 5) is 16.6. The van der Waals surface area contributed by atoms with Crippen LogP contribution in [-0.2, 0) is 4.79 Å². The van der Waals surface area contributed by atoms with E-state index in [1.165, 1.54) is 0 Å². The third-order valence-electron chi connectivity index (χ3n) is 3.16. The minimum absolute atomic E-state index is 0.00264. The van der Waals surface area contributed by atoms with Crippen LogP contribution in [0.15, 0.2) is 17.5 Å². The van der Waals surface area contributed by atoms with Crippen LogP contribution in [0.3, 0.4) is 0 Å². The van der Waals surface area contributed by atoms with E-state index in [9.17, 15) is 4.79 Å². The van der Waals surface area contributed by atoms with Crippen molar-refractivity contribution in [2.24, 2.45) is 0 Å². The number of hydrogen-bond donors (Lipinski definition) is 0. The molecule has 0 aliphatic carbocycles. The van der Waals surface area contributed by atoms with E-state index in [0.29, 0.717) is 13.1 Å². The number of aromatic nitrogens is 2. The molecule has 1 aliphatic rings. The van der Waals surface area contributed by atoms with Gasteiger partial charge in [0.2, 0.25) is 11.0 Å². The summed E-state index contributed by atoms with van der Waals surface area (Å²) in [6.45, 7) is 2.95. The lowest BCUT2D eigenvalue weighted by molar-refractivity contribution is -0.128. The Morgan fingerprint density at radius 2 is 2.10 bits per heavy atom. The highest BCUT2D eigenvalue weighted by atomic mass is 35.5. The fourth-order valence-corrected chi connectivity index (χ4v) is 3.93. The molecule has 0 bridgehead atoms. The Balaban J connectivity index is 1.65. The summed E-state index contributed by atoms with van der Waals surface area (Å²) in [6.07, 6.45) is 0. The maximum absolute atomic E-state index is 11.5. The number of carbonyl (C=O) groups is 1. The molecule has 0 radical (unpaired) electrons. The lowest BCUT2D eigenvalue weighted by Crippen LogP contribution is -2.49. The highest BCUT2D eigenvalue weighted by Gasteiger charge is 2.22. The van der Waals surface area contributed by atoms with Crippen LogP contribution in [-0.4, -0.2) is 53.1 Å². The van der Waals surface area contributed by atoms with Gasteiger partial charge in [-0.1, -0.05) is 17.4 Å². The number of piperazine rings is 1. The summed E-state index contributed by atoms with van der Waals surface area (Å²) in [6, 6.07) is 4.06. The first-order valence-corrected chi connectivity index (χ1v) is 8.47. The highest BCUT2D eigenvalue weighted by molar-refractivity contribution is 7.22. The van der Waals surface area contributed by atoms with Crippen molar-refractivity contribution in [2.45, 2.75) is 0 Å². The quantitative estimate of drug-likeness (QED) is 0.810. The molecule has 0 N–H and O–H groups in total. The molecule has 1 aliphatic heterocycles. The smallest absolute Gasteiger partial charge is 0.237 e. The van der Waals surface area contributed by atoms with Crippen molar-refractivity contribution >= 4 is 45.3 Å². The summed E-state index contributed by atoms with van der Waals surface area (Å²) in [5.41, 5.74) is 0. The Morgan fingerprint density at radius 3 is 2.75 bits per heavy atom. The van der Waals surface area contributed by atoms with Crippen LogP contribution >= 0.6 is 34.3 Å². The Bertz CT molecular complexity index is 578. The van der Waals surface area contributed by atoms with Gasteiger partial charge in [-0.3, -0.25) is 4.79 Å². The molecule has 0 atom stereocenters. The normalized spacial score (nSPS) is 15.7. The molecule has 3 rings (SSSR count). The third kappa shape index (κ3) is 2.79. The Morgan fingerprint density at radius 1 is 1.30 bits per heavy atom. The van der Waals surface area contributed by atoms with Crippen molar-refractivity contribution in [1.82, 2.24) is 15.1 Å². The molecule has 3 heterocycles. The van der Waals surface area contributed by atoms with E-state index in [1.54, 1.807) is 27.6 Å². The summed E-state index contributed by atoms with van der Waals surface area (Å²) < 4.78 is 0. The van der Waals surface area contributed by atoms with Crippen LogP contribution in [0.25, 0.3) is 9.88 Å². The van der Waals surface area contributed by atoms with E-state index in [-0.39, 0.29) is 11.8 Å². The molecule has 1 fully saturated rings. The lowest BCUT2D eigenvalue weighted by atomic mass is 10.3. The molecular weight excluding hydrogens is 316 g/mol. The van der Waals surface area contributed by atoms with E-state index >= 15 is 0 Å². The molecule has 1 saturated heterocycles. The SMILES string of the molecule is O=C(CCl)N1CCN(c2nnc(-c3cccs3)s2)CC1. The van der Waals surface area contributed by atoms with Gasteiger partial charge in [-0.25, -0.2) is 0 Å². The largest absolute Gasteiger partial charge is 0.343 e. The van der Waals surface area contributed by atoms with Gasteiger partial charge in [0.25, 0.3) is 0 Å². The molecule has 8 heteroatoms. The average molecular weight is 329 g/mol. The lowest BCUT2D eigenvalue weighted by Gasteiger charge is -2.33. The Kier molecular flexibility index (Phi) is 4.18. The first-order valence-electron chi connectivity index (χ1n) is 6.24. The second kappa shape index (κ2) is 6.07. The van der Waals surface area contributed by atoms with Crippen molar-refractivity contribution in [3.8, 4) is 9.88 Å². The molecule has 5 nitrogen and oxygen atoms in total. The van der Waals surface area contributed by atoms with E-state index in [0.717, 1.165) is 28.1 Å². The van der Waals surface area contributed by atoms with Crippen molar-refractivity contribution in [3.05, 3.63) is 17.5 Å². The van der Waals surface area contributed by atoms with Gasteiger partial charge in [-0.2, -0.15) is 0 Å². The van der Waals surface area contributed by atoms with E-state index in [2.05, 4.69) is 15.1 Å². The minimum atomic E-state index is 0.00264. The molecule has 1 amide bonds. The number of hydrogen-bond acceptors (Lipinski definition) is 6. The van der Waals surface area contributed by atoms with E-state index in [4.69, 9.17) is 11.6 Å². The zero-order valence-corrected chi connectivity index (χ0v) is 13.0. The predicted molar refractivity (Wildman–Crippen MR) is 82.7 cm³/mol. The molecule has 20 heavy (non-hydrogen) atoms. The zero-order chi connectivity index (χ0) is 13.9. The third-order valence-corrected chi connectivity index (χ3v) is 5.42. The monoisotopic (exact) mass is 328 g/mol. The van der Waals surface area contributed by atoms with Gasteiger partial charge in [0.05, 0.1) is 4.88 Å². The first kappa shape index (κ1) is 13.8. The maximum atomic E-state index is 11.5.